The molecule has 2 unspecified atom stereocenters. The van der Waals surface area contributed by atoms with Crippen molar-refractivity contribution in [1.82, 2.24) is 10.6 Å². The number of hydrogen-bond acceptors (Lipinski definition) is 5. The van der Waals surface area contributed by atoms with Crippen LogP contribution in [0, 0.1) is 0 Å². The second-order valence-electron chi connectivity index (χ2n) is 3.66. The Bertz CT molecular complexity index is 316. The van der Waals surface area contributed by atoms with Gasteiger partial charge in [-0.2, -0.15) is 0 Å². The highest BCUT2D eigenvalue weighted by Gasteiger charge is 2.28. The minimum absolute atomic E-state index is 0.0344. The number of nitrogens with two attached hydrogens (primary N) is 1. The van der Waals surface area contributed by atoms with Gasteiger partial charge in [0.25, 0.3) is 0 Å². The second kappa shape index (κ2) is 5.45. The molecule has 1 rings (SSSR count). The Morgan fingerprint density at radius 3 is 2.94 bits per heavy atom. The lowest BCUT2D eigenvalue weighted by Gasteiger charge is -2.26. The molecular weight excluding hydrogens is 212 g/mol. The fraction of sp³-hybridized carbons (Fsp3) is 0.667. The lowest BCUT2D eigenvalue weighted by Crippen LogP contribution is -2.56. The maximum Gasteiger partial charge on any atom is 0.243 e. The third-order valence-electron chi connectivity index (χ3n) is 2.52. The molecule has 0 radical (unpaired) electrons. The van der Waals surface area contributed by atoms with Crippen molar-refractivity contribution in [3.8, 4) is 0 Å². The molecule has 0 aromatic heterocycles. The van der Waals surface area contributed by atoms with Crippen LogP contribution in [0.15, 0.2) is 5.16 Å². The predicted molar refractivity (Wildman–Crippen MR) is 56.8 cm³/mol. The normalized spacial score (nSPS) is 24.1. The van der Waals surface area contributed by atoms with Gasteiger partial charge in [0.1, 0.15) is 0 Å². The maximum atomic E-state index is 11.4. The summed E-state index contributed by atoms with van der Waals surface area (Å²) in [4.78, 5) is 22.3. The van der Waals surface area contributed by atoms with Gasteiger partial charge >= 0.3 is 0 Å². The van der Waals surface area contributed by atoms with Crippen molar-refractivity contribution in [2.75, 3.05) is 0 Å². The van der Waals surface area contributed by atoms with E-state index in [2.05, 4.69) is 15.8 Å². The summed E-state index contributed by atoms with van der Waals surface area (Å²) in [6.07, 6.45) is 1.32. The lowest BCUT2D eigenvalue weighted by atomic mass is 10.0. The molecular formula is C9H16N4O3. The van der Waals surface area contributed by atoms with Gasteiger partial charge in [-0.05, 0) is 12.8 Å². The third-order valence-corrected chi connectivity index (χ3v) is 2.52. The summed E-state index contributed by atoms with van der Waals surface area (Å²) in [6.45, 7) is 1.85. The molecule has 1 fully saturated rings. The first-order valence-corrected chi connectivity index (χ1v) is 5.15. The van der Waals surface area contributed by atoms with Crippen LogP contribution in [0.5, 0.6) is 0 Å². The van der Waals surface area contributed by atoms with Gasteiger partial charge < -0.3 is 10.9 Å². The average molecular weight is 228 g/mol. The van der Waals surface area contributed by atoms with Crippen molar-refractivity contribution in [1.29, 1.82) is 0 Å². The van der Waals surface area contributed by atoms with Crippen molar-refractivity contribution in [3.05, 3.63) is 0 Å². The quantitative estimate of drug-likeness (QED) is 0.160. The van der Waals surface area contributed by atoms with Crippen LogP contribution >= 0.6 is 0 Å². The van der Waals surface area contributed by atoms with Gasteiger partial charge in [0, 0.05) is 6.42 Å². The second-order valence-corrected chi connectivity index (χ2v) is 3.66. The Kier molecular flexibility index (Phi) is 4.24. The van der Waals surface area contributed by atoms with Gasteiger partial charge in [0.2, 0.25) is 11.8 Å². The van der Waals surface area contributed by atoms with E-state index < -0.39 is 6.04 Å². The predicted octanol–water partition coefficient (Wildman–Crippen LogP) is -1.09. The summed E-state index contributed by atoms with van der Waals surface area (Å²) in [5.41, 5.74) is 5.46. The van der Waals surface area contributed by atoms with Crippen LogP contribution in [0.2, 0.25) is 0 Å². The third kappa shape index (κ3) is 2.93. The van der Waals surface area contributed by atoms with Gasteiger partial charge in [0.15, 0.2) is 5.84 Å². The van der Waals surface area contributed by atoms with Crippen molar-refractivity contribution >= 4 is 17.6 Å². The number of carbonyl (C=O) groups excluding carboxylic acids is 2. The topological polar surface area (TPSA) is 117 Å². The first-order valence-electron chi connectivity index (χ1n) is 5.15. The SMILES string of the molecule is CCC(NC1CCC(=O)NC1=O)C(N)=NO. The van der Waals surface area contributed by atoms with Crippen molar-refractivity contribution in [2.24, 2.45) is 10.9 Å². The van der Waals surface area contributed by atoms with Crippen LogP contribution in [-0.4, -0.2) is 34.9 Å². The first-order chi connectivity index (χ1) is 7.58. The number of piperidine rings is 1. The van der Waals surface area contributed by atoms with Gasteiger partial charge in [-0.15, -0.1) is 0 Å². The summed E-state index contributed by atoms with van der Waals surface area (Å²) in [6, 6.07) is -0.836. The molecule has 7 nitrogen and oxygen atoms in total. The van der Waals surface area contributed by atoms with E-state index >= 15 is 0 Å². The van der Waals surface area contributed by atoms with Gasteiger partial charge in [-0.3, -0.25) is 20.2 Å². The first kappa shape index (κ1) is 12.4. The average Bonchev–Trinajstić information content (AvgIpc) is 2.27. The Morgan fingerprint density at radius 2 is 2.44 bits per heavy atom. The van der Waals surface area contributed by atoms with E-state index in [-0.39, 0.29) is 23.7 Å². The smallest absolute Gasteiger partial charge is 0.243 e. The Balaban J connectivity index is 2.58. The molecule has 0 aromatic rings. The van der Waals surface area contributed by atoms with Crippen LogP contribution in [0.25, 0.3) is 0 Å². The van der Waals surface area contributed by atoms with E-state index in [4.69, 9.17) is 10.9 Å². The zero-order valence-electron chi connectivity index (χ0n) is 9.06. The molecule has 0 spiro atoms. The summed E-state index contributed by atoms with van der Waals surface area (Å²) < 4.78 is 0. The Morgan fingerprint density at radius 1 is 1.75 bits per heavy atom. The van der Waals surface area contributed by atoms with E-state index in [1.807, 2.05) is 6.92 Å². The summed E-state index contributed by atoms with van der Waals surface area (Å²) in [5.74, 6) is -0.590. The largest absolute Gasteiger partial charge is 0.409 e. The lowest BCUT2D eigenvalue weighted by molar-refractivity contribution is -0.134. The molecule has 1 saturated heterocycles. The minimum Gasteiger partial charge on any atom is -0.409 e. The molecule has 0 bridgehead atoms. The van der Waals surface area contributed by atoms with Gasteiger partial charge in [-0.1, -0.05) is 12.1 Å². The van der Waals surface area contributed by atoms with E-state index in [9.17, 15) is 9.59 Å². The molecule has 1 heterocycles. The Labute approximate surface area is 93.1 Å². The number of hydrogen-bond donors (Lipinski definition) is 4. The van der Waals surface area contributed by atoms with Crippen LogP contribution in [0.3, 0.4) is 0 Å². The molecule has 1 aliphatic heterocycles. The molecule has 90 valence electrons. The Hall–Kier alpha value is -1.63. The van der Waals surface area contributed by atoms with Crippen molar-refractivity contribution in [2.45, 2.75) is 38.3 Å². The van der Waals surface area contributed by atoms with Crippen LogP contribution in [-0.2, 0) is 9.59 Å². The van der Waals surface area contributed by atoms with E-state index in [0.717, 1.165) is 0 Å². The van der Waals surface area contributed by atoms with E-state index in [1.165, 1.54) is 0 Å². The molecule has 5 N–H and O–H groups in total. The van der Waals surface area contributed by atoms with Gasteiger partial charge in [-0.25, -0.2) is 0 Å². The summed E-state index contributed by atoms with van der Waals surface area (Å²) in [7, 11) is 0. The highest BCUT2D eigenvalue weighted by atomic mass is 16.4. The number of amides is 2. The standard InChI is InChI=1S/C9H16N4O3/c1-2-5(8(10)13-16)11-6-3-4-7(14)12-9(6)15/h5-6,11,16H,2-4H2,1H3,(H2,10,13)(H,12,14,15). The number of amidine groups is 1. The zero-order chi connectivity index (χ0) is 12.1. The van der Waals surface area contributed by atoms with Crippen LogP contribution < -0.4 is 16.4 Å². The van der Waals surface area contributed by atoms with Gasteiger partial charge in [0.05, 0.1) is 12.1 Å². The number of oxime groups is 1. The highest BCUT2D eigenvalue weighted by molar-refractivity contribution is 6.00. The number of carbonyl (C=O) groups is 2. The highest BCUT2D eigenvalue weighted by Crippen LogP contribution is 2.06. The molecule has 1 aliphatic rings. The fourth-order valence-corrected chi connectivity index (χ4v) is 1.58. The summed E-state index contributed by atoms with van der Waals surface area (Å²) in [5, 5.41) is 16.6. The monoisotopic (exact) mass is 228 g/mol. The molecule has 0 aliphatic carbocycles. The number of rotatable bonds is 4. The molecule has 0 saturated carbocycles. The van der Waals surface area contributed by atoms with Crippen molar-refractivity contribution < 1.29 is 14.8 Å². The van der Waals surface area contributed by atoms with E-state index in [0.29, 0.717) is 19.3 Å². The molecule has 0 aromatic carbocycles. The van der Waals surface area contributed by atoms with Crippen LogP contribution in [0.4, 0.5) is 0 Å². The maximum absolute atomic E-state index is 11.4. The van der Waals surface area contributed by atoms with Crippen molar-refractivity contribution in [3.63, 3.8) is 0 Å². The molecule has 16 heavy (non-hydrogen) atoms. The van der Waals surface area contributed by atoms with Crippen LogP contribution in [0.1, 0.15) is 26.2 Å². The zero-order valence-corrected chi connectivity index (χ0v) is 9.06. The molecule has 2 atom stereocenters. The fourth-order valence-electron chi connectivity index (χ4n) is 1.58. The minimum atomic E-state index is -0.469. The van der Waals surface area contributed by atoms with E-state index in [1.54, 1.807) is 0 Å². The number of nitrogens with one attached hydrogen (secondary N) is 2. The molecule has 7 heteroatoms. The number of nitrogens with zero attached hydrogens (tertiary/aromatic N) is 1. The number of imide groups is 1. The summed E-state index contributed by atoms with van der Waals surface area (Å²) >= 11 is 0. The molecule has 2 amide bonds.